The van der Waals surface area contributed by atoms with Gasteiger partial charge in [-0.3, -0.25) is 4.79 Å². The van der Waals surface area contributed by atoms with Crippen LogP contribution in [0, 0.1) is 19.7 Å². The Hall–Kier alpha value is -2.95. The lowest BCUT2D eigenvalue weighted by Crippen LogP contribution is -2.49. The number of piperazine rings is 1. The quantitative estimate of drug-likeness (QED) is 0.692. The number of anilines is 1. The van der Waals surface area contributed by atoms with E-state index in [1.54, 1.807) is 17.0 Å². The topological polar surface area (TPSA) is 36.4 Å². The van der Waals surface area contributed by atoms with E-state index in [9.17, 15) is 9.18 Å². The standard InChI is InChI=1S/C22H22FN3O/c1-15-5-3-8-19-16(2)13-20(24-21(15)19)25-9-11-26(12-10-25)22(27)17-6-4-7-18(23)14-17/h3-8,13-14H,9-12H2,1-2H3. The first-order valence-corrected chi connectivity index (χ1v) is 9.20. The number of benzene rings is 2. The number of hydrogen-bond acceptors (Lipinski definition) is 3. The summed E-state index contributed by atoms with van der Waals surface area (Å²) >= 11 is 0. The molecule has 5 heteroatoms. The SMILES string of the molecule is Cc1cc(N2CCN(C(=O)c3cccc(F)c3)CC2)nc2c(C)cccc12. The fraction of sp³-hybridized carbons (Fsp3) is 0.273. The predicted octanol–water partition coefficient (Wildman–Crippen LogP) is 3.95. The summed E-state index contributed by atoms with van der Waals surface area (Å²) in [7, 11) is 0. The van der Waals surface area contributed by atoms with Gasteiger partial charge in [0.1, 0.15) is 11.6 Å². The van der Waals surface area contributed by atoms with Crippen molar-refractivity contribution in [2.75, 3.05) is 31.1 Å². The average molecular weight is 363 g/mol. The van der Waals surface area contributed by atoms with Crippen molar-refractivity contribution >= 4 is 22.6 Å². The molecule has 27 heavy (non-hydrogen) atoms. The molecule has 0 unspecified atom stereocenters. The summed E-state index contributed by atoms with van der Waals surface area (Å²) < 4.78 is 13.4. The summed E-state index contributed by atoms with van der Waals surface area (Å²) in [6.07, 6.45) is 0. The molecule has 1 amide bonds. The van der Waals surface area contributed by atoms with E-state index < -0.39 is 0 Å². The molecule has 4 rings (SSSR count). The van der Waals surface area contributed by atoms with Crippen LogP contribution in [0.15, 0.2) is 48.5 Å². The number of rotatable bonds is 2. The second-order valence-electron chi connectivity index (χ2n) is 7.06. The third kappa shape index (κ3) is 3.37. The number of carbonyl (C=O) groups excluding carboxylic acids is 1. The number of hydrogen-bond donors (Lipinski definition) is 0. The molecule has 0 N–H and O–H groups in total. The summed E-state index contributed by atoms with van der Waals surface area (Å²) in [4.78, 5) is 21.5. The first-order valence-electron chi connectivity index (χ1n) is 9.20. The molecule has 2 aromatic carbocycles. The number of pyridine rings is 1. The summed E-state index contributed by atoms with van der Waals surface area (Å²) in [6, 6.07) is 14.2. The van der Waals surface area contributed by atoms with Gasteiger partial charge in [0.05, 0.1) is 5.52 Å². The van der Waals surface area contributed by atoms with Gasteiger partial charge in [-0.2, -0.15) is 0 Å². The van der Waals surface area contributed by atoms with E-state index in [0.29, 0.717) is 31.7 Å². The number of halogens is 1. The van der Waals surface area contributed by atoms with Crippen LogP contribution in [0.5, 0.6) is 0 Å². The Bertz CT molecular complexity index is 1010. The van der Waals surface area contributed by atoms with E-state index in [1.807, 2.05) is 0 Å². The molecule has 138 valence electrons. The smallest absolute Gasteiger partial charge is 0.254 e. The molecule has 1 aliphatic heterocycles. The molecule has 2 heterocycles. The summed E-state index contributed by atoms with van der Waals surface area (Å²) in [5, 5.41) is 1.18. The Labute approximate surface area is 158 Å². The van der Waals surface area contributed by atoms with Gasteiger partial charge in [0.2, 0.25) is 0 Å². The van der Waals surface area contributed by atoms with Gasteiger partial charge in [0.25, 0.3) is 5.91 Å². The van der Waals surface area contributed by atoms with Crippen LogP contribution in [-0.2, 0) is 0 Å². The van der Waals surface area contributed by atoms with Crippen LogP contribution in [0.1, 0.15) is 21.5 Å². The minimum atomic E-state index is -0.384. The van der Waals surface area contributed by atoms with E-state index in [2.05, 4.69) is 43.0 Å². The normalized spacial score (nSPS) is 14.6. The minimum Gasteiger partial charge on any atom is -0.353 e. The lowest BCUT2D eigenvalue weighted by Gasteiger charge is -2.35. The minimum absolute atomic E-state index is 0.118. The molecule has 0 aliphatic carbocycles. The van der Waals surface area contributed by atoms with Gasteiger partial charge in [0, 0.05) is 37.1 Å². The Morgan fingerprint density at radius 1 is 0.963 bits per heavy atom. The molecule has 0 saturated carbocycles. The maximum absolute atomic E-state index is 13.4. The van der Waals surface area contributed by atoms with Gasteiger partial charge in [0.15, 0.2) is 0 Å². The number of carbonyl (C=O) groups is 1. The van der Waals surface area contributed by atoms with E-state index in [1.165, 1.54) is 23.1 Å². The Kier molecular flexibility index (Phi) is 4.52. The molecular weight excluding hydrogens is 341 g/mol. The zero-order valence-corrected chi connectivity index (χ0v) is 15.6. The van der Waals surface area contributed by atoms with Gasteiger partial charge in [-0.05, 0) is 49.2 Å². The van der Waals surface area contributed by atoms with Crippen molar-refractivity contribution in [1.29, 1.82) is 0 Å². The molecule has 4 nitrogen and oxygen atoms in total. The Balaban J connectivity index is 1.52. The first kappa shape index (κ1) is 17.5. The number of amides is 1. The second-order valence-corrected chi connectivity index (χ2v) is 7.06. The summed E-state index contributed by atoms with van der Waals surface area (Å²) in [6.45, 7) is 6.81. The van der Waals surface area contributed by atoms with Gasteiger partial charge in [-0.25, -0.2) is 9.37 Å². The van der Waals surface area contributed by atoms with Crippen LogP contribution in [0.2, 0.25) is 0 Å². The third-order valence-corrected chi connectivity index (χ3v) is 5.20. The van der Waals surface area contributed by atoms with E-state index in [-0.39, 0.29) is 11.7 Å². The fourth-order valence-corrected chi connectivity index (χ4v) is 3.65. The van der Waals surface area contributed by atoms with Crippen LogP contribution in [0.3, 0.4) is 0 Å². The molecule has 1 aromatic heterocycles. The van der Waals surface area contributed by atoms with Crippen molar-refractivity contribution in [1.82, 2.24) is 9.88 Å². The zero-order chi connectivity index (χ0) is 19.0. The monoisotopic (exact) mass is 363 g/mol. The van der Waals surface area contributed by atoms with Crippen molar-refractivity contribution in [3.05, 3.63) is 71.0 Å². The third-order valence-electron chi connectivity index (χ3n) is 5.20. The molecule has 0 bridgehead atoms. The molecule has 0 atom stereocenters. The van der Waals surface area contributed by atoms with Crippen molar-refractivity contribution in [3.8, 4) is 0 Å². The van der Waals surface area contributed by atoms with Crippen LogP contribution in [-0.4, -0.2) is 42.0 Å². The highest BCUT2D eigenvalue weighted by Gasteiger charge is 2.23. The highest BCUT2D eigenvalue weighted by atomic mass is 19.1. The lowest BCUT2D eigenvalue weighted by molar-refractivity contribution is 0.0746. The van der Waals surface area contributed by atoms with E-state index in [0.717, 1.165) is 16.9 Å². The molecule has 1 aliphatic rings. The highest BCUT2D eigenvalue weighted by Crippen LogP contribution is 2.25. The number of nitrogens with zero attached hydrogens (tertiary/aromatic N) is 3. The van der Waals surface area contributed by atoms with Crippen LogP contribution >= 0.6 is 0 Å². The lowest BCUT2D eigenvalue weighted by atomic mass is 10.1. The largest absolute Gasteiger partial charge is 0.353 e. The summed E-state index contributed by atoms with van der Waals surface area (Å²) in [5.74, 6) is 0.450. The molecule has 1 fully saturated rings. The molecule has 0 spiro atoms. The maximum atomic E-state index is 13.4. The van der Waals surface area contributed by atoms with Crippen LogP contribution < -0.4 is 4.90 Å². The molecule has 0 radical (unpaired) electrons. The van der Waals surface area contributed by atoms with Crippen LogP contribution in [0.25, 0.3) is 10.9 Å². The van der Waals surface area contributed by atoms with Crippen LogP contribution in [0.4, 0.5) is 10.2 Å². The fourth-order valence-electron chi connectivity index (χ4n) is 3.65. The average Bonchev–Trinajstić information content (AvgIpc) is 2.68. The molecule has 3 aromatic rings. The Morgan fingerprint density at radius 3 is 2.44 bits per heavy atom. The van der Waals surface area contributed by atoms with E-state index in [4.69, 9.17) is 4.98 Å². The van der Waals surface area contributed by atoms with Gasteiger partial charge in [-0.1, -0.05) is 24.3 Å². The van der Waals surface area contributed by atoms with Crippen molar-refractivity contribution in [3.63, 3.8) is 0 Å². The highest BCUT2D eigenvalue weighted by molar-refractivity contribution is 5.94. The van der Waals surface area contributed by atoms with Gasteiger partial charge in [-0.15, -0.1) is 0 Å². The van der Waals surface area contributed by atoms with Crippen molar-refractivity contribution in [2.45, 2.75) is 13.8 Å². The van der Waals surface area contributed by atoms with Gasteiger partial charge >= 0.3 is 0 Å². The maximum Gasteiger partial charge on any atom is 0.254 e. The van der Waals surface area contributed by atoms with Crippen molar-refractivity contribution < 1.29 is 9.18 Å². The van der Waals surface area contributed by atoms with Gasteiger partial charge < -0.3 is 9.80 Å². The zero-order valence-electron chi connectivity index (χ0n) is 15.6. The first-order chi connectivity index (χ1) is 13.0. The number of aromatic nitrogens is 1. The Morgan fingerprint density at radius 2 is 1.70 bits per heavy atom. The summed E-state index contributed by atoms with van der Waals surface area (Å²) in [5.41, 5.74) is 3.80. The molecule has 1 saturated heterocycles. The molecular formula is C22H22FN3O. The van der Waals surface area contributed by atoms with Crippen molar-refractivity contribution in [2.24, 2.45) is 0 Å². The number of aryl methyl sites for hydroxylation is 2. The second kappa shape index (κ2) is 6.99. The van der Waals surface area contributed by atoms with E-state index >= 15 is 0 Å². The predicted molar refractivity (Wildman–Crippen MR) is 106 cm³/mol. The number of para-hydroxylation sites is 1. The number of fused-ring (bicyclic) bond motifs is 1.